The molecular weight excluding hydrogens is 272 g/mol. The Labute approximate surface area is 122 Å². The maximum absolute atomic E-state index is 12.0. The number of carboxylic acid groups (broad SMARTS) is 1. The van der Waals surface area contributed by atoms with Crippen LogP contribution in [0.1, 0.15) is 17.5 Å². The van der Waals surface area contributed by atoms with Crippen molar-refractivity contribution < 1.29 is 19.4 Å². The van der Waals surface area contributed by atoms with E-state index >= 15 is 0 Å². The summed E-state index contributed by atoms with van der Waals surface area (Å²) >= 11 is 0. The van der Waals surface area contributed by atoms with E-state index in [0.29, 0.717) is 25.2 Å². The minimum Gasteiger partial charge on any atom is -0.480 e. The number of nitrogens with zero attached hydrogens (tertiary/aromatic N) is 1. The fourth-order valence-electron chi connectivity index (χ4n) is 2.18. The van der Waals surface area contributed by atoms with Gasteiger partial charge in [-0.1, -0.05) is 12.1 Å². The fraction of sp³-hybridized carbons (Fsp3) is 0.400. The largest absolute Gasteiger partial charge is 0.480 e. The molecule has 0 aliphatic carbocycles. The number of benzene rings is 1. The van der Waals surface area contributed by atoms with Gasteiger partial charge in [-0.3, -0.25) is 4.79 Å². The number of rotatable bonds is 5. The first-order chi connectivity index (χ1) is 10.1. The molecule has 0 aromatic heterocycles. The summed E-state index contributed by atoms with van der Waals surface area (Å²) in [5.41, 5.74) is 1.27. The molecular formula is C15H16N2O4. The van der Waals surface area contributed by atoms with Crippen molar-refractivity contribution in [1.29, 1.82) is 5.26 Å². The van der Waals surface area contributed by atoms with Crippen LogP contribution in [0.5, 0.6) is 0 Å². The standard InChI is InChI=1S/C15H16N2O4/c16-8-11-3-1-10(2-4-11)7-13(15(19)20)17-14(18)12-5-6-21-9-12/h1-4,12-13H,5-7,9H2,(H,17,18)(H,19,20)/t12-,13-/m1/s1. The Balaban J connectivity index is 1.99. The second-order valence-electron chi connectivity index (χ2n) is 4.97. The minimum absolute atomic E-state index is 0.181. The van der Waals surface area contributed by atoms with E-state index in [2.05, 4.69) is 5.32 Å². The van der Waals surface area contributed by atoms with E-state index in [1.807, 2.05) is 6.07 Å². The summed E-state index contributed by atoms with van der Waals surface area (Å²) in [4.78, 5) is 23.2. The molecule has 2 atom stereocenters. The highest BCUT2D eigenvalue weighted by molar-refractivity contribution is 5.85. The predicted molar refractivity (Wildman–Crippen MR) is 73.4 cm³/mol. The van der Waals surface area contributed by atoms with Gasteiger partial charge in [0.05, 0.1) is 24.2 Å². The zero-order valence-electron chi connectivity index (χ0n) is 11.4. The van der Waals surface area contributed by atoms with Crippen molar-refractivity contribution in [3.05, 3.63) is 35.4 Å². The molecule has 1 fully saturated rings. The number of carbonyl (C=O) groups is 2. The number of nitrogens with one attached hydrogen (secondary N) is 1. The van der Waals surface area contributed by atoms with Crippen LogP contribution in [0.3, 0.4) is 0 Å². The van der Waals surface area contributed by atoms with Crippen LogP contribution < -0.4 is 5.32 Å². The molecule has 110 valence electrons. The van der Waals surface area contributed by atoms with Crippen LogP contribution in [-0.2, 0) is 20.7 Å². The Hall–Kier alpha value is -2.39. The van der Waals surface area contributed by atoms with Crippen LogP contribution >= 0.6 is 0 Å². The van der Waals surface area contributed by atoms with E-state index < -0.39 is 12.0 Å². The zero-order chi connectivity index (χ0) is 15.2. The molecule has 21 heavy (non-hydrogen) atoms. The topological polar surface area (TPSA) is 99.4 Å². The van der Waals surface area contributed by atoms with Crippen LogP contribution in [0.2, 0.25) is 0 Å². The molecule has 0 spiro atoms. The van der Waals surface area contributed by atoms with E-state index in [9.17, 15) is 14.7 Å². The molecule has 1 aromatic carbocycles. The Kier molecular flexibility index (Phi) is 4.90. The van der Waals surface area contributed by atoms with E-state index in [4.69, 9.17) is 10.00 Å². The lowest BCUT2D eigenvalue weighted by Crippen LogP contribution is -2.45. The Morgan fingerprint density at radius 2 is 2.14 bits per heavy atom. The summed E-state index contributed by atoms with van der Waals surface area (Å²) in [6.45, 7) is 0.875. The summed E-state index contributed by atoms with van der Waals surface area (Å²) in [6.07, 6.45) is 0.801. The molecule has 0 bridgehead atoms. The van der Waals surface area contributed by atoms with Gasteiger partial charge in [-0.2, -0.15) is 5.26 Å². The lowest BCUT2D eigenvalue weighted by molar-refractivity contribution is -0.142. The van der Waals surface area contributed by atoms with Gasteiger partial charge in [0.25, 0.3) is 0 Å². The van der Waals surface area contributed by atoms with Crippen molar-refractivity contribution in [1.82, 2.24) is 5.32 Å². The maximum atomic E-state index is 12.0. The number of hydrogen-bond donors (Lipinski definition) is 2. The number of carbonyl (C=O) groups excluding carboxylic acids is 1. The average Bonchev–Trinajstić information content (AvgIpc) is 3.01. The first kappa shape index (κ1) is 15.0. The highest BCUT2D eigenvalue weighted by Gasteiger charge is 2.28. The molecule has 1 aromatic rings. The zero-order valence-corrected chi connectivity index (χ0v) is 11.4. The average molecular weight is 288 g/mol. The molecule has 0 unspecified atom stereocenters. The Bertz CT molecular complexity index is 556. The van der Waals surface area contributed by atoms with Crippen molar-refractivity contribution in [2.45, 2.75) is 18.9 Å². The van der Waals surface area contributed by atoms with Gasteiger partial charge in [0.1, 0.15) is 6.04 Å². The molecule has 6 heteroatoms. The van der Waals surface area contributed by atoms with Crippen LogP contribution in [-0.4, -0.2) is 36.2 Å². The fourth-order valence-corrected chi connectivity index (χ4v) is 2.18. The van der Waals surface area contributed by atoms with Gasteiger partial charge in [0.2, 0.25) is 5.91 Å². The summed E-state index contributed by atoms with van der Waals surface area (Å²) in [6, 6.07) is 7.66. The molecule has 0 saturated carbocycles. The molecule has 0 radical (unpaired) electrons. The monoisotopic (exact) mass is 288 g/mol. The van der Waals surface area contributed by atoms with E-state index in [0.717, 1.165) is 5.56 Å². The number of carboxylic acids is 1. The summed E-state index contributed by atoms with van der Waals surface area (Å²) in [5.74, 6) is -1.63. The number of nitriles is 1. The third kappa shape index (κ3) is 4.04. The van der Waals surface area contributed by atoms with Gasteiger partial charge in [-0.15, -0.1) is 0 Å². The number of amides is 1. The number of hydrogen-bond acceptors (Lipinski definition) is 4. The third-order valence-corrected chi connectivity index (χ3v) is 3.44. The van der Waals surface area contributed by atoms with E-state index in [1.165, 1.54) is 0 Å². The molecule has 2 N–H and O–H groups in total. The van der Waals surface area contributed by atoms with Crippen molar-refractivity contribution in [3.63, 3.8) is 0 Å². The first-order valence-electron chi connectivity index (χ1n) is 6.70. The van der Waals surface area contributed by atoms with Gasteiger partial charge in [-0.05, 0) is 24.1 Å². The second kappa shape index (κ2) is 6.86. The first-order valence-corrected chi connectivity index (χ1v) is 6.70. The van der Waals surface area contributed by atoms with Gasteiger partial charge < -0.3 is 15.2 Å². The molecule has 1 saturated heterocycles. The third-order valence-electron chi connectivity index (χ3n) is 3.44. The summed E-state index contributed by atoms with van der Waals surface area (Å²) < 4.78 is 5.13. The minimum atomic E-state index is -1.08. The number of aliphatic carboxylic acids is 1. The van der Waals surface area contributed by atoms with Crippen LogP contribution in [0, 0.1) is 17.2 Å². The highest BCUT2D eigenvalue weighted by Crippen LogP contribution is 2.13. The lowest BCUT2D eigenvalue weighted by Gasteiger charge is -2.17. The molecule has 1 heterocycles. The maximum Gasteiger partial charge on any atom is 0.326 e. The van der Waals surface area contributed by atoms with Crippen molar-refractivity contribution in [2.24, 2.45) is 5.92 Å². The Morgan fingerprint density at radius 3 is 2.67 bits per heavy atom. The Morgan fingerprint density at radius 1 is 1.43 bits per heavy atom. The lowest BCUT2D eigenvalue weighted by atomic mass is 10.0. The number of ether oxygens (including phenoxy) is 1. The molecule has 1 aliphatic rings. The predicted octanol–water partition coefficient (Wildman–Crippen LogP) is 0.707. The van der Waals surface area contributed by atoms with Gasteiger partial charge in [-0.25, -0.2) is 4.79 Å². The molecule has 2 rings (SSSR count). The smallest absolute Gasteiger partial charge is 0.326 e. The van der Waals surface area contributed by atoms with Gasteiger partial charge in [0.15, 0.2) is 0 Å². The summed E-state index contributed by atoms with van der Waals surface area (Å²) in [7, 11) is 0. The quantitative estimate of drug-likeness (QED) is 0.831. The second-order valence-corrected chi connectivity index (χ2v) is 4.97. The van der Waals surface area contributed by atoms with E-state index in [-0.39, 0.29) is 18.2 Å². The van der Waals surface area contributed by atoms with Crippen LogP contribution in [0.4, 0.5) is 0 Å². The van der Waals surface area contributed by atoms with Crippen LogP contribution in [0.25, 0.3) is 0 Å². The normalized spacial score (nSPS) is 18.7. The summed E-state index contributed by atoms with van der Waals surface area (Å²) in [5, 5.41) is 20.5. The van der Waals surface area contributed by atoms with Crippen molar-refractivity contribution in [2.75, 3.05) is 13.2 Å². The molecule has 1 amide bonds. The van der Waals surface area contributed by atoms with Crippen LogP contribution in [0.15, 0.2) is 24.3 Å². The van der Waals surface area contributed by atoms with Crippen molar-refractivity contribution in [3.8, 4) is 6.07 Å². The van der Waals surface area contributed by atoms with Gasteiger partial charge >= 0.3 is 5.97 Å². The highest BCUT2D eigenvalue weighted by atomic mass is 16.5. The SMILES string of the molecule is N#Cc1ccc(C[C@@H](NC(=O)[C@@H]2CCOC2)C(=O)O)cc1. The van der Waals surface area contributed by atoms with Crippen molar-refractivity contribution >= 4 is 11.9 Å². The molecule has 6 nitrogen and oxygen atoms in total. The molecule has 1 aliphatic heterocycles. The van der Waals surface area contributed by atoms with Gasteiger partial charge in [0, 0.05) is 13.0 Å². The van der Waals surface area contributed by atoms with E-state index in [1.54, 1.807) is 24.3 Å².